The largest absolute Gasteiger partial charge is 0.491 e. The minimum absolute atomic E-state index is 0.0258. The zero-order chi connectivity index (χ0) is 15.0. The van der Waals surface area contributed by atoms with Gasteiger partial charge in [-0.1, -0.05) is 18.2 Å². The summed E-state index contributed by atoms with van der Waals surface area (Å²) in [6.45, 7) is 0.344. The van der Waals surface area contributed by atoms with Gasteiger partial charge in [0, 0.05) is 18.5 Å². The molecular formula is C14H16N2O5. The van der Waals surface area contributed by atoms with Crippen LogP contribution in [0, 0.1) is 0 Å². The molecule has 7 nitrogen and oxygen atoms in total. The van der Waals surface area contributed by atoms with Crippen LogP contribution in [0.5, 0.6) is 5.75 Å². The lowest BCUT2D eigenvalue weighted by Crippen LogP contribution is -2.47. The monoisotopic (exact) mass is 292 g/mol. The molecule has 1 fully saturated rings. The molecule has 2 amide bonds. The van der Waals surface area contributed by atoms with Crippen molar-refractivity contribution in [2.45, 2.75) is 24.6 Å². The summed E-state index contributed by atoms with van der Waals surface area (Å²) in [7, 11) is 0. The summed E-state index contributed by atoms with van der Waals surface area (Å²) in [5.74, 6) is -0.385. The minimum atomic E-state index is -1.11. The second-order valence-corrected chi connectivity index (χ2v) is 5.25. The van der Waals surface area contributed by atoms with Crippen LogP contribution in [0.3, 0.4) is 0 Å². The molecule has 2 aliphatic heterocycles. The molecule has 3 rings (SSSR count). The van der Waals surface area contributed by atoms with E-state index < -0.39 is 24.1 Å². The fourth-order valence-corrected chi connectivity index (χ4v) is 2.79. The molecule has 0 radical (unpaired) electrons. The normalized spacial score (nSPS) is 27.1. The van der Waals surface area contributed by atoms with Crippen molar-refractivity contribution >= 4 is 12.0 Å². The first-order valence-corrected chi connectivity index (χ1v) is 6.76. The number of aliphatic hydroxyl groups excluding tert-OH is 1. The molecule has 112 valence electrons. The number of likely N-dealkylation sites (tertiary alicyclic amines) is 1. The van der Waals surface area contributed by atoms with Crippen LogP contribution >= 0.6 is 0 Å². The van der Waals surface area contributed by atoms with Crippen molar-refractivity contribution in [3.8, 4) is 5.75 Å². The van der Waals surface area contributed by atoms with Crippen LogP contribution in [0.1, 0.15) is 18.0 Å². The van der Waals surface area contributed by atoms with Gasteiger partial charge in [0.25, 0.3) is 0 Å². The fraction of sp³-hybridized carbons (Fsp3) is 0.429. The van der Waals surface area contributed by atoms with Gasteiger partial charge in [-0.15, -0.1) is 0 Å². The van der Waals surface area contributed by atoms with E-state index in [0.29, 0.717) is 6.61 Å². The minimum Gasteiger partial charge on any atom is -0.491 e. The SMILES string of the molecule is O=C(O)[C@H]1C[C@@H](O)CN1C(=O)NC1COc2ccccc21. The summed E-state index contributed by atoms with van der Waals surface area (Å²) in [4.78, 5) is 24.6. The van der Waals surface area contributed by atoms with Crippen molar-refractivity contribution in [1.29, 1.82) is 0 Å². The van der Waals surface area contributed by atoms with Crippen molar-refractivity contribution in [2.75, 3.05) is 13.2 Å². The summed E-state index contributed by atoms with van der Waals surface area (Å²) >= 11 is 0. The van der Waals surface area contributed by atoms with Gasteiger partial charge < -0.3 is 25.2 Å². The molecule has 2 aliphatic rings. The van der Waals surface area contributed by atoms with Gasteiger partial charge in [-0.25, -0.2) is 9.59 Å². The van der Waals surface area contributed by atoms with Crippen LogP contribution < -0.4 is 10.1 Å². The number of para-hydroxylation sites is 1. The highest BCUT2D eigenvalue weighted by Gasteiger charge is 2.40. The van der Waals surface area contributed by atoms with Gasteiger partial charge >= 0.3 is 12.0 Å². The van der Waals surface area contributed by atoms with Crippen LogP contribution in [0.2, 0.25) is 0 Å². The average Bonchev–Trinajstić information content (AvgIpc) is 3.03. The number of benzene rings is 1. The Bertz CT molecular complexity index is 576. The molecule has 1 aromatic rings. The molecule has 3 N–H and O–H groups in total. The fourth-order valence-electron chi connectivity index (χ4n) is 2.79. The van der Waals surface area contributed by atoms with E-state index >= 15 is 0 Å². The van der Waals surface area contributed by atoms with Gasteiger partial charge in [0.15, 0.2) is 0 Å². The number of carbonyl (C=O) groups is 2. The van der Waals surface area contributed by atoms with Gasteiger partial charge in [-0.05, 0) is 6.07 Å². The molecule has 2 heterocycles. The quantitative estimate of drug-likeness (QED) is 0.730. The van der Waals surface area contributed by atoms with Crippen LogP contribution in [0.15, 0.2) is 24.3 Å². The molecular weight excluding hydrogens is 276 g/mol. The van der Waals surface area contributed by atoms with Crippen molar-refractivity contribution in [3.63, 3.8) is 0 Å². The number of aliphatic hydroxyl groups is 1. The second-order valence-electron chi connectivity index (χ2n) is 5.25. The van der Waals surface area contributed by atoms with Gasteiger partial charge in [0.2, 0.25) is 0 Å². The predicted molar refractivity (Wildman–Crippen MR) is 72.0 cm³/mol. The first-order valence-electron chi connectivity index (χ1n) is 6.76. The third kappa shape index (κ3) is 2.52. The topological polar surface area (TPSA) is 99.1 Å². The zero-order valence-corrected chi connectivity index (χ0v) is 11.2. The standard InChI is InChI=1S/C14H16N2O5/c17-8-5-11(13(18)19)16(6-8)14(20)15-10-7-21-12-4-2-1-3-9(10)12/h1-4,8,10-11,17H,5-7H2,(H,15,20)(H,18,19)/t8-,10?,11-/m1/s1. The Morgan fingerprint density at radius 1 is 1.33 bits per heavy atom. The van der Waals surface area contributed by atoms with Crippen LogP contribution in [0.25, 0.3) is 0 Å². The van der Waals surface area contributed by atoms with E-state index in [1.54, 1.807) is 0 Å². The summed E-state index contributed by atoms with van der Waals surface area (Å²) in [6, 6.07) is 5.59. The Morgan fingerprint density at radius 3 is 2.86 bits per heavy atom. The highest BCUT2D eigenvalue weighted by atomic mass is 16.5. The number of carbonyl (C=O) groups excluding carboxylic acids is 1. The number of hydrogen-bond acceptors (Lipinski definition) is 4. The van der Waals surface area contributed by atoms with E-state index in [-0.39, 0.29) is 19.0 Å². The average molecular weight is 292 g/mol. The number of amides is 2. The highest BCUT2D eigenvalue weighted by molar-refractivity contribution is 5.83. The summed E-state index contributed by atoms with van der Waals surface area (Å²) in [5.41, 5.74) is 0.873. The molecule has 0 bridgehead atoms. The van der Waals surface area contributed by atoms with E-state index in [2.05, 4.69) is 5.32 Å². The lowest BCUT2D eigenvalue weighted by Gasteiger charge is -2.23. The molecule has 0 spiro atoms. The van der Waals surface area contributed by atoms with Gasteiger partial charge in [0.05, 0.1) is 12.1 Å². The second kappa shape index (κ2) is 5.25. The number of urea groups is 1. The molecule has 1 aromatic carbocycles. The van der Waals surface area contributed by atoms with Crippen LogP contribution in [-0.2, 0) is 4.79 Å². The maximum absolute atomic E-state index is 12.3. The highest BCUT2D eigenvalue weighted by Crippen LogP contribution is 2.32. The summed E-state index contributed by atoms with van der Waals surface area (Å²) in [6.07, 6.45) is -0.746. The van der Waals surface area contributed by atoms with E-state index in [0.717, 1.165) is 16.2 Å². The molecule has 1 saturated heterocycles. The molecule has 0 saturated carbocycles. The van der Waals surface area contributed by atoms with Gasteiger partial charge in [0.1, 0.15) is 18.4 Å². The first kappa shape index (κ1) is 13.7. The zero-order valence-electron chi connectivity index (χ0n) is 11.2. The molecule has 1 unspecified atom stereocenters. The number of fused-ring (bicyclic) bond motifs is 1. The summed E-state index contributed by atoms with van der Waals surface area (Å²) in [5, 5.41) is 21.5. The number of nitrogens with one attached hydrogen (secondary N) is 1. The number of aliphatic carboxylic acids is 1. The molecule has 0 aromatic heterocycles. The van der Waals surface area contributed by atoms with Crippen LogP contribution in [0.4, 0.5) is 4.79 Å². The summed E-state index contributed by atoms with van der Waals surface area (Å²) < 4.78 is 5.47. The molecule has 0 aliphatic carbocycles. The maximum atomic E-state index is 12.3. The van der Waals surface area contributed by atoms with E-state index in [1.165, 1.54) is 0 Å². The Morgan fingerprint density at radius 2 is 2.10 bits per heavy atom. The number of rotatable bonds is 2. The third-order valence-corrected chi connectivity index (χ3v) is 3.82. The van der Waals surface area contributed by atoms with Crippen molar-refractivity contribution in [3.05, 3.63) is 29.8 Å². The van der Waals surface area contributed by atoms with Crippen molar-refractivity contribution in [2.24, 2.45) is 0 Å². The van der Waals surface area contributed by atoms with Crippen molar-refractivity contribution < 1.29 is 24.5 Å². The van der Waals surface area contributed by atoms with Crippen molar-refractivity contribution in [1.82, 2.24) is 10.2 Å². The number of hydrogen-bond donors (Lipinski definition) is 3. The smallest absolute Gasteiger partial charge is 0.326 e. The molecule has 21 heavy (non-hydrogen) atoms. The molecule has 3 atom stereocenters. The van der Waals surface area contributed by atoms with E-state index in [9.17, 15) is 14.7 Å². The maximum Gasteiger partial charge on any atom is 0.326 e. The Hall–Kier alpha value is -2.28. The number of β-amino-alcohol motifs (C(OH)–C–C–N with tert-alkyl or cyclic N) is 1. The van der Waals surface area contributed by atoms with Gasteiger partial charge in [-0.3, -0.25) is 0 Å². The Kier molecular flexibility index (Phi) is 3.42. The number of nitrogens with zero attached hydrogens (tertiary/aromatic N) is 1. The van der Waals surface area contributed by atoms with E-state index in [4.69, 9.17) is 9.84 Å². The lowest BCUT2D eigenvalue weighted by atomic mass is 10.1. The van der Waals surface area contributed by atoms with Gasteiger partial charge in [-0.2, -0.15) is 0 Å². The predicted octanol–water partition coefficient (Wildman–Crippen LogP) is 0.349. The van der Waals surface area contributed by atoms with Crippen LogP contribution in [-0.4, -0.2) is 52.4 Å². The third-order valence-electron chi connectivity index (χ3n) is 3.82. The van der Waals surface area contributed by atoms with E-state index in [1.807, 2.05) is 24.3 Å². The number of carboxylic acids is 1. The Balaban J connectivity index is 1.71. The number of carboxylic acid groups (broad SMARTS) is 1. The lowest BCUT2D eigenvalue weighted by molar-refractivity contribution is -0.141. The molecule has 7 heteroatoms. The first-order chi connectivity index (χ1) is 10.1. The Labute approximate surface area is 121 Å². The number of ether oxygens (including phenoxy) is 1.